The number of anilines is 1. The highest BCUT2D eigenvalue weighted by Crippen LogP contribution is 2.29. The summed E-state index contributed by atoms with van der Waals surface area (Å²) >= 11 is 0. The molecule has 0 amide bonds. The Bertz CT molecular complexity index is 737. The second-order valence-electron chi connectivity index (χ2n) is 4.98. The number of hydrogen-bond acceptors (Lipinski definition) is 4. The maximum Gasteiger partial charge on any atom is 0.152 e. The van der Waals surface area contributed by atoms with Crippen LogP contribution in [0.15, 0.2) is 30.5 Å². The zero-order valence-corrected chi connectivity index (χ0v) is 11.5. The molecule has 1 aromatic carbocycles. The number of aromatic nitrogens is 2. The molecule has 0 bridgehead atoms. The number of sulfone groups is 1. The van der Waals surface area contributed by atoms with Gasteiger partial charge in [0.05, 0.1) is 23.2 Å². The molecule has 0 saturated carbocycles. The average Bonchev–Trinajstić information content (AvgIpc) is 2.94. The molecular weight excluding hydrogens is 281 g/mol. The fourth-order valence-electron chi connectivity index (χ4n) is 2.41. The van der Waals surface area contributed by atoms with Crippen LogP contribution in [0.25, 0.3) is 11.3 Å². The van der Waals surface area contributed by atoms with Crippen LogP contribution in [0.2, 0.25) is 0 Å². The van der Waals surface area contributed by atoms with Gasteiger partial charge in [0.25, 0.3) is 0 Å². The molecule has 7 heteroatoms. The quantitative estimate of drug-likeness (QED) is 0.913. The van der Waals surface area contributed by atoms with E-state index >= 15 is 0 Å². The van der Waals surface area contributed by atoms with Gasteiger partial charge in [-0.1, -0.05) is 0 Å². The number of benzene rings is 1. The third-order valence-corrected chi connectivity index (χ3v) is 5.21. The summed E-state index contributed by atoms with van der Waals surface area (Å²) in [5.41, 5.74) is 7.64. The van der Waals surface area contributed by atoms with E-state index in [0.29, 0.717) is 23.4 Å². The minimum atomic E-state index is -2.97. The SMILES string of the molecule is Nc1cn(C2CCS(=O)(=O)C2)nc1-c1ccc(F)cc1. The molecule has 106 valence electrons. The molecule has 1 fully saturated rings. The first-order valence-corrected chi connectivity index (χ1v) is 8.08. The van der Waals surface area contributed by atoms with E-state index in [2.05, 4.69) is 5.10 Å². The second kappa shape index (κ2) is 4.59. The molecule has 1 aliphatic heterocycles. The standard InChI is InChI=1S/C13H14FN3O2S/c14-10-3-1-9(2-4-10)13-12(15)7-17(16-13)11-5-6-20(18,19)8-11/h1-4,7,11H,5-6,8,15H2. The maximum atomic E-state index is 12.9. The van der Waals surface area contributed by atoms with Crippen molar-refractivity contribution in [1.29, 1.82) is 0 Å². The molecule has 3 rings (SSSR count). The Hall–Kier alpha value is -1.89. The molecule has 5 nitrogen and oxygen atoms in total. The molecule has 1 aromatic heterocycles. The summed E-state index contributed by atoms with van der Waals surface area (Å²) in [7, 11) is -2.97. The van der Waals surface area contributed by atoms with Crippen molar-refractivity contribution in [1.82, 2.24) is 9.78 Å². The van der Waals surface area contributed by atoms with Crippen LogP contribution < -0.4 is 5.73 Å². The van der Waals surface area contributed by atoms with Crippen LogP contribution in [0.5, 0.6) is 0 Å². The van der Waals surface area contributed by atoms with Gasteiger partial charge < -0.3 is 5.73 Å². The largest absolute Gasteiger partial charge is 0.396 e. The van der Waals surface area contributed by atoms with Crippen LogP contribution in [-0.4, -0.2) is 29.7 Å². The third kappa shape index (κ3) is 2.40. The number of hydrogen-bond donors (Lipinski definition) is 1. The number of nitrogens with zero attached hydrogens (tertiary/aromatic N) is 2. The van der Waals surface area contributed by atoms with Gasteiger partial charge in [-0.3, -0.25) is 4.68 Å². The van der Waals surface area contributed by atoms with Crippen molar-refractivity contribution < 1.29 is 12.8 Å². The van der Waals surface area contributed by atoms with E-state index in [1.54, 1.807) is 23.0 Å². The van der Waals surface area contributed by atoms with Gasteiger partial charge in [-0.2, -0.15) is 5.10 Å². The predicted molar refractivity (Wildman–Crippen MR) is 74.3 cm³/mol. The normalized spacial score (nSPS) is 21.1. The van der Waals surface area contributed by atoms with Crippen molar-refractivity contribution in [3.63, 3.8) is 0 Å². The van der Waals surface area contributed by atoms with Gasteiger partial charge in [0, 0.05) is 11.8 Å². The lowest BCUT2D eigenvalue weighted by atomic mass is 10.1. The summed E-state index contributed by atoms with van der Waals surface area (Å²) in [5, 5.41) is 4.36. The predicted octanol–water partition coefficient (Wildman–Crippen LogP) is 1.63. The highest BCUT2D eigenvalue weighted by Gasteiger charge is 2.30. The average molecular weight is 295 g/mol. The molecular formula is C13H14FN3O2S. The van der Waals surface area contributed by atoms with Crippen LogP contribution in [0.3, 0.4) is 0 Å². The van der Waals surface area contributed by atoms with E-state index in [1.807, 2.05) is 0 Å². The number of halogens is 1. The molecule has 2 heterocycles. The summed E-state index contributed by atoms with van der Waals surface area (Å²) < 4.78 is 37.5. The highest BCUT2D eigenvalue weighted by atomic mass is 32.2. The summed E-state index contributed by atoms with van der Waals surface area (Å²) in [6.45, 7) is 0. The zero-order chi connectivity index (χ0) is 14.3. The van der Waals surface area contributed by atoms with Gasteiger partial charge in [-0.05, 0) is 30.7 Å². The summed E-state index contributed by atoms with van der Waals surface area (Å²) in [5.74, 6) is -0.0473. The second-order valence-corrected chi connectivity index (χ2v) is 7.21. The fraction of sp³-hybridized carbons (Fsp3) is 0.308. The lowest BCUT2D eigenvalue weighted by Crippen LogP contribution is -2.11. The van der Waals surface area contributed by atoms with Crippen molar-refractivity contribution in [2.45, 2.75) is 12.5 Å². The Morgan fingerprint density at radius 2 is 2.00 bits per heavy atom. The number of nitrogen functional groups attached to an aromatic ring is 1. The minimum absolute atomic E-state index is 0.0942. The molecule has 1 aliphatic rings. The molecule has 1 unspecified atom stereocenters. The van der Waals surface area contributed by atoms with Gasteiger partial charge in [-0.15, -0.1) is 0 Å². The molecule has 0 spiro atoms. The smallest absolute Gasteiger partial charge is 0.152 e. The van der Waals surface area contributed by atoms with E-state index in [-0.39, 0.29) is 23.4 Å². The summed E-state index contributed by atoms with van der Waals surface area (Å²) in [6.07, 6.45) is 2.19. The first-order chi connectivity index (χ1) is 9.44. The monoisotopic (exact) mass is 295 g/mol. The van der Waals surface area contributed by atoms with E-state index in [0.717, 1.165) is 0 Å². The first-order valence-electron chi connectivity index (χ1n) is 6.25. The van der Waals surface area contributed by atoms with Crippen molar-refractivity contribution in [2.24, 2.45) is 0 Å². The van der Waals surface area contributed by atoms with Crippen molar-refractivity contribution >= 4 is 15.5 Å². The van der Waals surface area contributed by atoms with E-state index in [9.17, 15) is 12.8 Å². The van der Waals surface area contributed by atoms with Crippen LogP contribution in [0.1, 0.15) is 12.5 Å². The Morgan fingerprint density at radius 1 is 1.30 bits per heavy atom. The van der Waals surface area contributed by atoms with Gasteiger partial charge in [0.1, 0.15) is 11.5 Å². The van der Waals surface area contributed by atoms with E-state index in [1.165, 1.54) is 12.1 Å². The number of rotatable bonds is 2. The van der Waals surface area contributed by atoms with Gasteiger partial charge in [0.2, 0.25) is 0 Å². The number of nitrogens with two attached hydrogens (primary N) is 1. The summed E-state index contributed by atoms with van der Waals surface area (Å²) in [6, 6.07) is 5.71. The van der Waals surface area contributed by atoms with Crippen LogP contribution in [-0.2, 0) is 9.84 Å². The van der Waals surface area contributed by atoms with Crippen LogP contribution in [0.4, 0.5) is 10.1 Å². The highest BCUT2D eigenvalue weighted by molar-refractivity contribution is 7.91. The van der Waals surface area contributed by atoms with E-state index < -0.39 is 9.84 Å². The van der Waals surface area contributed by atoms with Gasteiger partial charge >= 0.3 is 0 Å². The lowest BCUT2D eigenvalue weighted by Gasteiger charge is -2.07. The first kappa shape index (κ1) is 13.1. The summed E-state index contributed by atoms with van der Waals surface area (Å²) in [4.78, 5) is 0. The Labute approximate surface area is 116 Å². The molecule has 1 saturated heterocycles. The van der Waals surface area contributed by atoms with Crippen molar-refractivity contribution in [3.8, 4) is 11.3 Å². The van der Waals surface area contributed by atoms with Crippen LogP contribution in [0, 0.1) is 5.82 Å². The molecule has 20 heavy (non-hydrogen) atoms. The molecule has 2 N–H and O–H groups in total. The van der Waals surface area contributed by atoms with E-state index in [4.69, 9.17) is 5.73 Å². The third-order valence-electron chi connectivity index (χ3n) is 3.46. The Balaban J connectivity index is 1.94. The molecule has 0 radical (unpaired) electrons. The maximum absolute atomic E-state index is 12.9. The minimum Gasteiger partial charge on any atom is -0.396 e. The van der Waals surface area contributed by atoms with Crippen molar-refractivity contribution in [3.05, 3.63) is 36.3 Å². The lowest BCUT2D eigenvalue weighted by molar-refractivity contribution is 0.501. The molecule has 1 atom stereocenters. The zero-order valence-electron chi connectivity index (χ0n) is 10.7. The van der Waals surface area contributed by atoms with Gasteiger partial charge in [0.15, 0.2) is 9.84 Å². The van der Waals surface area contributed by atoms with Gasteiger partial charge in [-0.25, -0.2) is 12.8 Å². The van der Waals surface area contributed by atoms with Crippen LogP contribution >= 0.6 is 0 Å². The Morgan fingerprint density at radius 3 is 2.60 bits per heavy atom. The molecule has 0 aliphatic carbocycles. The molecule has 2 aromatic rings. The topological polar surface area (TPSA) is 78.0 Å². The Kier molecular flexibility index (Phi) is 3.01. The fourth-order valence-corrected chi connectivity index (χ4v) is 4.11. The van der Waals surface area contributed by atoms with Crippen molar-refractivity contribution in [2.75, 3.05) is 17.2 Å².